The SMILES string of the molecule is CCN1C[C@]2(COC)CCC(OC)C34[C@@H]5C[C@H]6[C@H](OC)[C@@H]5[C@@]5(C[C@@H]6OC)OCO[C@]5([C@H]13)[C@@H](O)[C@@H]42. The van der Waals surface area contributed by atoms with E-state index in [0.29, 0.717) is 18.4 Å². The summed E-state index contributed by atoms with van der Waals surface area (Å²) in [6.45, 7) is 4.93. The third kappa shape index (κ3) is 2.05. The van der Waals surface area contributed by atoms with Crippen molar-refractivity contribution in [1.82, 2.24) is 4.90 Å². The average Bonchev–Trinajstić information content (AvgIpc) is 3.42. The summed E-state index contributed by atoms with van der Waals surface area (Å²) in [4.78, 5) is 2.61. The number of ether oxygens (including phenoxy) is 6. The summed E-state index contributed by atoms with van der Waals surface area (Å²) in [6, 6.07) is 0.0378. The molecular formula is C26H41NO7. The number of aliphatic hydroxyl groups excluding tert-OH is 1. The Kier molecular flexibility index (Phi) is 4.81. The fourth-order valence-corrected chi connectivity index (χ4v) is 11.7. The summed E-state index contributed by atoms with van der Waals surface area (Å²) in [6.07, 6.45) is 3.20. The maximum Gasteiger partial charge on any atom is 0.148 e. The van der Waals surface area contributed by atoms with E-state index in [1.165, 1.54) is 0 Å². The van der Waals surface area contributed by atoms with Gasteiger partial charge >= 0.3 is 0 Å². The number of piperidine rings is 1. The van der Waals surface area contributed by atoms with E-state index in [2.05, 4.69) is 11.8 Å². The maximum atomic E-state index is 12.6. The summed E-state index contributed by atoms with van der Waals surface area (Å²) in [5.74, 6) is 0.813. The average molecular weight is 480 g/mol. The van der Waals surface area contributed by atoms with E-state index in [4.69, 9.17) is 28.4 Å². The van der Waals surface area contributed by atoms with Gasteiger partial charge in [-0.15, -0.1) is 0 Å². The van der Waals surface area contributed by atoms with Gasteiger partial charge in [-0.2, -0.15) is 0 Å². The first-order valence-corrected chi connectivity index (χ1v) is 13.2. The number of fused-ring (bicyclic) bond motifs is 1. The third-order valence-electron chi connectivity index (χ3n) is 12.0. The van der Waals surface area contributed by atoms with Crippen LogP contribution in [0.5, 0.6) is 0 Å². The predicted octanol–water partition coefficient (Wildman–Crippen LogP) is 1.29. The topological polar surface area (TPSA) is 78.9 Å². The van der Waals surface area contributed by atoms with E-state index in [0.717, 1.165) is 38.8 Å². The zero-order chi connectivity index (χ0) is 23.7. The number of methoxy groups -OCH3 is 4. The van der Waals surface area contributed by atoms with Gasteiger partial charge in [0.1, 0.15) is 18.0 Å². The Hall–Kier alpha value is -0.320. The lowest BCUT2D eigenvalue weighted by Crippen LogP contribution is -2.81. The fraction of sp³-hybridized carbons (Fsp3) is 1.00. The van der Waals surface area contributed by atoms with Gasteiger partial charge in [-0.1, -0.05) is 6.92 Å². The highest BCUT2D eigenvalue weighted by molar-refractivity contribution is 5.42. The van der Waals surface area contributed by atoms with E-state index in [9.17, 15) is 5.11 Å². The molecular weight excluding hydrogens is 438 g/mol. The van der Waals surface area contributed by atoms with E-state index in [1.807, 2.05) is 21.3 Å². The largest absolute Gasteiger partial charge is 0.390 e. The normalized spacial score (nSPS) is 61.1. The van der Waals surface area contributed by atoms with Crippen molar-refractivity contribution >= 4 is 0 Å². The minimum absolute atomic E-state index is 0.0240. The summed E-state index contributed by atoms with van der Waals surface area (Å²) in [7, 11) is 7.32. The molecule has 3 spiro atoms. The minimum atomic E-state index is -0.825. The molecule has 0 aromatic rings. The van der Waals surface area contributed by atoms with Gasteiger partial charge in [-0.05, 0) is 31.7 Å². The van der Waals surface area contributed by atoms with Crippen LogP contribution in [0.15, 0.2) is 0 Å². The van der Waals surface area contributed by atoms with Gasteiger partial charge in [0.05, 0.1) is 37.1 Å². The molecule has 2 unspecified atom stereocenters. The van der Waals surface area contributed by atoms with Crippen molar-refractivity contribution < 1.29 is 33.5 Å². The van der Waals surface area contributed by atoms with Gasteiger partial charge in [0, 0.05) is 70.0 Å². The molecule has 7 rings (SSSR count). The Morgan fingerprint density at radius 3 is 2.59 bits per heavy atom. The van der Waals surface area contributed by atoms with Crippen LogP contribution in [-0.4, -0.2) is 107 Å². The third-order valence-corrected chi connectivity index (χ3v) is 12.0. The standard InChI is InChI=1S/C26H41NO7/c1-6-27-11-23(12-29-2)8-7-17(31-4)25-15-9-14-16(30-3)10-24(18(15)19(14)32-5)26(22(25)27,34-13-33-24)21(28)20(23)25/h14-22,28H,6-13H2,1-5H3/t14-,15-,16+,17?,18-,19+,20-,21+,22-,23+,24-,25?,26+/m1/s1. The van der Waals surface area contributed by atoms with Gasteiger partial charge in [-0.25, -0.2) is 0 Å². The molecule has 13 atom stereocenters. The Balaban J connectivity index is 1.55. The number of aliphatic hydroxyl groups is 1. The first kappa shape index (κ1) is 22.8. The van der Waals surface area contributed by atoms with Crippen LogP contribution >= 0.6 is 0 Å². The molecule has 2 aliphatic heterocycles. The number of nitrogens with zero attached hydrogens (tertiary/aromatic N) is 1. The van der Waals surface area contributed by atoms with Crippen molar-refractivity contribution in [1.29, 1.82) is 0 Å². The molecule has 1 N–H and O–H groups in total. The fourth-order valence-electron chi connectivity index (χ4n) is 11.7. The van der Waals surface area contributed by atoms with Crippen LogP contribution in [0.4, 0.5) is 0 Å². The van der Waals surface area contributed by atoms with Crippen molar-refractivity contribution in [3.05, 3.63) is 0 Å². The number of likely N-dealkylation sites (tertiary alicyclic amines) is 1. The first-order chi connectivity index (χ1) is 16.5. The van der Waals surface area contributed by atoms with Crippen molar-refractivity contribution in [2.24, 2.45) is 34.5 Å². The molecule has 2 saturated heterocycles. The molecule has 0 radical (unpaired) electrons. The number of hydrogen-bond donors (Lipinski definition) is 1. The molecule has 34 heavy (non-hydrogen) atoms. The zero-order valence-electron chi connectivity index (χ0n) is 21.2. The lowest BCUT2D eigenvalue weighted by Gasteiger charge is -2.70. The van der Waals surface area contributed by atoms with Gasteiger partial charge in [0.15, 0.2) is 0 Å². The van der Waals surface area contributed by atoms with Crippen molar-refractivity contribution in [2.75, 3.05) is 54.9 Å². The van der Waals surface area contributed by atoms with Crippen molar-refractivity contribution in [3.8, 4) is 0 Å². The van der Waals surface area contributed by atoms with E-state index in [1.54, 1.807) is 7.11 Å². The van der Waals surface area contributed by atoms with E-state index >= 15 is 0 Å². The summed E-state index contributed by atoms with van der Waals surface area (Å²) >= 11 is 0. The summed E-state index contributed by atoms with van der Waals surface area (Å²) in [5.41, 5.74) is -1.83. The quantitative estimate of drug-likeness (QED) is 0.611. The summed E-state index contributed by atoms with van der Waals surface area (Å²) in [5, 5.41) is 12.6. The Morgan fingerprint density at radius 2 is 1.91 bits per heavy atom. The van der Waals surface area contributed by atoms with Gasteiger partial charge in [0.25, 0.3) is 0 Å². The monoisotopic (exact) mass is 479 g/mol. The molecule has 0 aromatic carbocycles. The van der Waals surface area contributed by atoms with E-state index in [-0.39, 0.29) is 53.8 Å². The van der Waals surface area contributed by atoms with Crippen LogP contribution < -0.4 is 0 Å². The highest BCUT2D eigenvalue weighted by Gasteiger charge is 2.93. The zero-order valence-corrected chi connectivity index (χ0v) is 21.2. The predicted molar refractivity (Wildman–Crippen MR) is 121 cm³/mol. The maximum absolute atomic E-state index is 12.6. The molecule has 8 nitrogen and oxygen atoms in total. The molecule has 7 fully saturated rings. The highest BCUT2D eigenvalue weighted by atomic mass is 16.7. The van der Waals surface area contributed by atoms with Crippen LogP contribution in [0.2, 0.25) is 0 Å². The molecule has 0 aromatic heterocycles. The second-order valence-electron chi connectivity index (χ2n) is 12.2. The van der Waals surface area contributed by atoms with Crippen LogP contribution in [0.25, 0.3) is 0 Å². The number of rotatable bonds is 6. The number of hydrogen-bond acceptors (Lipinski definition) is 8. The smallest absolute Gasteiger partial charge is 0.148 e. The lowest BCUT2D eigenvalue weighted by molar-refractivity contribution is -0.287. The molecule has 5 aliphatic carbocycles. The van der Waals surface area contributed by atoms with E-state index < -0.39 is 17.3 Å². The Morgan fingerprint density at radius 1 is 1.09 bits per heavy atom. The Labute approximate surface area is 202 Å². The molecule has 0 amide bonds. The van der Waals surface area contributed by atoms with Crippen LogP contribution in [0.3, 0.4) is 0 Å². The minimum Gasteiger partial charge on any atom is -0.390 e. The molecule has 192 valence electrons. The van der Waals surface area contributed by atoms with Crippen LogP contribution in [0.1, 0.15) is 32.6 Å². The van der Waals surface area contributed by atoms with Crippen molar-refractivity contribution in [2.45, 2.75) is 74.3 Å². The molecule has 7 aliphatic rings. The van der Waals surface area contributed by atoms with Crippen molar-refractivity contribution in [3.63, 3.8) is 0 Å². The first-order valence-electron chi connectivity index (χ1n) is 13.2. The molecule has 8 heteroatoms. The number of likely N-dealkylation sites (N-methyl/N-ethyl adjacent to an activating group) is 1. The van der Waals surface area contributed by atoms with Crippen LogP contribution in [-0.2, 0) is 28.4 Å². The van der Waals surface area contributed by atoms with Crippen LogP contribution in [0, 0.1) is 34.5 Å². The van der Waals surface area contributed by atoms with Gasteiger partial charge in [-0.3, -0.25) is 4.90 Å². The highest BCUT2D eigenvalue weighted by Crippen LogP contribution is 2.82. The Bertz CT molecular complexity index is 859. The lowest BCUT2D eigenvalue weighted by atomic mass is 9.42. The molecule has 7 bridgehead atoms. The molecule has 5 saturated carbocycles. The second kappa shape index (κ2) is 7.16. The van der Waals surface area contributed by atoms with Gasteiger partial charge < -0.3 is 33.5 Å². The summed E-state index contributed by atoms with van der Waals surface area (Å²) < 4.78 is 38.3. The van der Waals surface area contributed by atoms with Gasteiger partial charge in [0.2, 0.25) is 0 Å². The molecule has 2 heterocycles. The second-order valence-corrected chi connectivity index (χ2v) is 12.2.